The van der Waals surface area contributed by atoms with Gasteiger partial charge in [0.05, 0.1) is 25.2 Å². The summed E-state index contributed by atoms with van der Waals surface area (Å²) >= 11 is 0. The fourth-order valence-electron chi connectivity index (χ4n) is 5.87. The van der Waals surface area contributed by atoms with E-state index >= 15 is 0 Å². The average Bonchev–Trinajstić information content (AvgIpc) is 3.16. The van der Waals surface area contributed by atoms with Gasteiger partial charge in [0, 0.05) is 12.3 Å². The first-order chi connectivity index (χ1) is 13.7. The Bertz CT molecular complexity index is 719. The van der Waals surface area contributed by atoms with Gasteiger partial charge in [-0.2, -0.15) is 0 Å². The van der Waals surface area contributed by atoms with Crippen LogP contribution in [0.15, 0.2) is 34.7 Å². The van der Waals surface area contributed by atoms with Gasteiger partial charge in [-0.05, 0) is 73.3 Å². The van der Waals surface area contributed by atoms with Crippen LogP contribution in [0.3, 0.4) is 0 Å². The molecule has 0 amide bonds. The minimum Gasteiger partial charge on any atom is -0.472 e. The number of aliphatic hydroxyl groups is 1. The van der Waals surface area contributed by atoms with E-state index in [0.717, 1.165) is 32.1 Å². The summed E-state index contributed by atoms with van der Waals surface area (Å²) in [6.45, 7) is 11.3. The van der Waals surface area contributed by atoms with Crippen molar-refractivity contribution in [2.24, 2.45) is 28.6 Å². The third-order valence-corrected chi connectivity index (χ3v) is 7.89. The maximum absolute atomic E-state index is 12.2. The predicted octanol–water partition coefficient (Wildman–Crippen LogP) is 5.55. The molecule has 5 atom stereocenters. The lowest BCUT2D eigenvalue weighted by Crippen LogP contribution is -2.55. The molecule has 1 aromatic heterocycles. The fourth-order valence-corrected chi connectivity index (χ4v) is 5.87. The van der Waals surface area contributed by atoms with Crippen LogP contribution in [-0.2, 0) is 16.0 Å². The Morgan fingerprint density at radius 1 is 1.34 bits per heavy atom. The molecule has 0 saturated heterocycles. The number of rotatable bonds is 7. The van der Waals surface area contributed by atoms with E-state index in [4.69, 9.17) is 9.15 Å². The molecule has 0 unspecified atom stereocenters. The van der Waals surface area contributed by atoms with Crippen LogP contribution in [-0.4, -0.2) is 23.8 Å². The van der Waals surface area contributed by atoms with Gasteiger partial charge in [0.2, 0.25) is 0 Å². The van der Waals surface area contributed by atoms with Gasteiger partial charge in [-0.3, -0.25) is 4.79 Å². The summed E-state index contributed by atoms with van der Waals surface area (Å²) in [4.78, 5) is 12.2. The average molecular weight is 403 g/mol. The Balaban J connectivity index is 1.79. The van der Waals surface area contributed by atoms with Crippen LogP contribution in [0, 0.1) is 28.6 Å². The number of hydrogen-bond acceptors (Lipinski definition) is 4. The van der Waals surface area contributed by atoms with Crippen LogP contribution >= 0.6 is 0 Å². The lowest BCUT2D eigenvalue weighted by molar-refractivity contribution is -0.158. The van der Waals surface area contributed by atoms with Crippen LogP contribution in [0.2, 0.25) is 0 Å². The van der Waals surface area contributed by atoms with Gasteiger partial charge >= 0.3 is 5.97 Å². The van der Waals surface area contributed by atoms with Crippen LogP contribution in [0.1, 0.15) is 72.3 Å². The number of fused-ring (bicyclic) bond motifs is 1. The van der Waals surface area contributed by atoms with Gasteiger partial charge in [-0.25, -0.2) is 0 Å². The van der Waals surface area contributed by atoms with E-state index in [1.165, 1.54) is 11.1 Å². The minimum absolute atomic E-state index is 0.0186. The number of carbonyl (C=O) groups excluding carboxylic acids is 1. The lowest BCUT2D eigenvalue weighted by atomic mass is 9.47. The Hall–Kier alpha value is -1.55. The summed E-state index contributed by atoms with van der Waals surface area (Å²) in [5.74, 6) is 0.579. The Kier molecular flexibility index (Phi) is 6.62. The van der Waals surface area contributed by atoms with E-state index in [-0.39, 0.29) is 28.6 Å². The number of hydrogen-bond donors (Lipinski definition) is 1. The van der Waals surface area contributed by atoms with Gasteiger partial charge in [0.25, 0.3) is 0 Å². The van der Waals surface area contributed by atoms with Gasteiger partial charge < -0.3 is 14.3 Å². The summed E-state index contributed by atoms with van der Waals surface area (Å²) in [6, 6.07) is 2.05. The number of carbonyl (C=O) groups is 1. The largest absolute Gasteiger partial charge is 0.472 e. The number of ether oxygens (including phenoxy) is 1. The summed E-state index contributed by atoms with van der Waals surface area (Å²) in [6.07, 6.45) is 10.8. The SMILES string of the molecule is CC1=CC[C@@]2(C)[C@@H](CC[C@H](O)[C@@H]2COC(=O)CC(C)C)[C@]1(C)CCc1ccoc1. The van der Waals surface area contributed by atoms with Gasteiger partial charge in [0.1, 0.15) is 0 Å². The molecule has 2 aliphatic rings. The van der Waals surface area contributed by atoms with Crippen molar-refractivity contribution in [3.05, 3.63) is 35.8 Å². The molecule has 1 heterocycles. The molecule has 0 spiro atoms. The van der Waals surface area contributed by atoms with Crippen LogP contribution in [0.5, 0.6) is 0 Å². The zero-order valence-electron chi connectivity index (χ0n) is 18.7. The molecule has 1 aromatic rings. The number of allylic oxidation sites excluding steroid dienone is 2. The molecule has 3 rings (SSSR count). The van der Waals surface area contributed by atoms with Crippen molar-refractivity contribution in [3.63, 3.8) is 0 Å². The van der Waals surface area contributed by atoms with Crippen molar-refractivity contribution in [2.45, 2.75) is 79.2 Å². The van der Waals surface area contributed by atoms with E-state index < -0.39 is 6.10 Å². The predicted molar refractivity (Wildman–Crippen MR) is 114 cm³/mol. The van der Waals surface area contributed by atoms with Gasteiger partial charge in [0.15, 0.2) is 0 Å². The maximum atomic E-state index is 12.2. The first kappa shape index (κ1) is 22.1. The first-order valence-electron chi connectivity index (χ1n) is 11.2. The van der Waals surface area contributed by atoms with Gasteiger partial charge in [-0.1, -0.05) is 39.3 Å². The van der Waals surface area contributed by atoms with Crippen molar-refractivity contribution in [3.8, 4) is 0 Å². The second-order valence-corrected chi connectivity index (χ2v) is 10.2. The normalized spacial score (nSPS) is 34.6. The van der Waals surface area contributed by atoms with Crippen LogP contribution in [0.4, 0.5) is 0 Å². The van der Waals surface area contributed by atoms with E-state index in [1.807, 2.05) is 26.2 Å². The minimum atomic E-state index is -0.409. The van der Waals surface area contributed by atoms with Crippen molar-refractivity contribution in [1.29, 1.82) is 0 Å². The molecule has 0 radical (unpaired) electrons. The molecule has 0 bridgehead atoms. The topological polar surface area (TPSA) is 59.7 Å². The highest BCUT2D eigenvalue weighted by molar-refractivity contribution is 5.69. The zero-order chi connectivity index (χ0) is 21.2. The van der Waals surface area contributed by atoms with E-state index in [1.54, 1.807) is 6.26 Å². The molecule has 1 N–H and O–H groups in total. The van der Waals surface area contributed by atoms with Crippen molar-refractivity contribution < 1.29 is 19.1 Å². The second-order valence-electron chi connectivity index (χ2n) is 10.2. The van der Waals surface area contributed by atoms with Crippen molar-refractivity contribution in [1.82, 2.24) is 0 Å². The smallest absolute Gasteiger partial charge is 0.306 e. The number of aliphatic hydroxyl groups excluding tert-OH is 1. The standard InChI is InChI=1S/C25H38O4/c1-17(2)14-23(27)29-16-20-21(26)6-7-22-24(4,12-9-19-10-13-28-15-19)18(3)8-11-25(20,22)5/h8,10,13,15,17,20-22,26H,6-7,9,11-12,14,16H2,1-5H3/t20-,21-,22-,24+,25+/m0/s1. The molecular weight excluding hydrogens is 364 g/mol. The Morgan fingerprint density at radius 3 is 2.76 bits per heavy atom. The van der Waals surface area contributed by atoms with E-state index in [0.29, 0.717) is 18.9 Å². The zero-order valence-corrected chi connectivity index (χ0v) is 18.7. The highest BCUT2D eigenvalue weighted by Gasteiger charge is 2.56. The number of furan rings is 1. The molecule has 0 aliphatic heterocycles. The Labute approximate surface area is 175 Å². The van der Waals surface area contributed by atoms with E-state index in [2.05, 4.69) is 26.8 Å². The van der Waals surface area contributed by atoms with E-state index in [9.17, 15) is 9.90 Å². The fraction of sp³-hybridized carbons (Fsp3) is 0.720. The molecule has 4 heteroatoms. The maximum Gasteiger partial charge on any atom is 0.306 e. The van der Waals surface area contributed by atoms with Crippen LogP contribution in [0.25, 0.3) is 0 Å². The summed E-state index contributed by atoms with van der Waals surface area (Å²) in [7, 11) is 0. The molecule has 29 heavy (non-hydrogen) atoms. The summed E-state index contributed by atoms with van der Waals surface area (Å²) in [5.41, 5.74) is 2.70. The monoisotopic (exact) mass is 402 g/mol. The lowest BCUT2D eigenvalue weighted by Gasteiger charge is -2.58. The summed E-state index contributed by atoms with van der Waals surface area (Å²) in [5, 5.41) is 10.9. The highest BCUT2D eigenvalue weighted by atomic mass is 16.5. The third-order valence-electron chi connectivity index (χ3n) is 7.89. The second kappa shape index (κ2) is 8.67. The third kappa shape index (κ3) is 4.47. The highest BCUT2D eigenvalue weighted by Crippen LogP contribution is 2.61. The number of esters is 1. The molecule has 1 fully saturated rings. The molecular formula is C25H38O4. The Morgan fingerprint density at radius 2 is 2.10 bits per heavy atom. The van der Waals surface area contributed by atoms with Crippen LogP contribution < -0.4 is 0 Å². The quantitative estimate of drug-likeness (QED) is 0.480. The summed E-state index contributed by atoms with van der Waals surface area (Å²) < 4.78 is 10.9. The molecule has 162 valence electrons. The molecule has 0 aromatic carbocycles. The first-order valence-corrected chi connectivity index (χ1v) is 11.2. The van der Waals surface area contributed by atoms with Gasteiger partial charge in [-0.15, -0.1) is 0 Å². The van der Waals surface area contributed by atoms with Crippen molar-refractivity contribution >= 4 is 5.97 Å². The molecule has 2 aliphatic carbocycles. The molecule has 4 nitrogen and oxygen atoms in total. The van der Waals surface area contributed by atoms with Crippen molar-refractivity contribution in [2.75, 3.05) is 6.61 Å². The molecule has 1 saturated carbocycles. The number of aryl methyl sites for hydroxylation is 1.